The monoisotopic (exact) mass is 246 g/mol. The van der Waals surface area contributed by atoms with E-state index in [1.54, 1.807) is 19.1 Å². The Kier molecular flexibility index (Phi) is 3.09. The number of phenolic OH excluding ortho intramolecular Hbond substituents is 1. The van der Waals surface area contributed by atoms with Gasteiger partial charge in [0, 0.05) is 18.3 Å². The number of pyridine rings is 1. The second-order valence-electron chi connectivity index (χ2n) is 3.72. The van der Waals surface area contributed by atoms with Crippen LogP contribution in [0, 0.1) is 17.0 Å². The summed E-state index contributed by atoms with van der Waals surface area (Å²) in [7, 11) is 0. The van der Waals surface area contributed by atoms with Crippen LogP contribution in [0.3, 0.4) is 0 Å². The molecule has 0 fully saturated rings. The molecule has 0 saturated carbocycles. The fourth-order valence-electron chi connectivity index (χ4n) is 1.48. The van der Waals surface area contributed by atoms with Crippen molar-refractivity contribution < 1.29 is 14.8 Å². The van der Waals surface area contributed by atoms with Gasteiger partial charge in [-0.1, -0.05) is 0 Å². The van der Waals surface area contributed by atoms with Crippen LogP contribution in [0.5, 0.6) is 17.4 Å². The summed E-state index contributed by atoms with van der Waals surface area (Å²) in [5, 5.41) is 20.0. The van der Waals surface area contributed by atoms with Gasteiger partial charge in [-0.05, 0) is 24.6 Å². The molecule has 92 valence electrons. The van der Waals surface area contributed by atoms with Crippen molar-refractivity contribution in [3.05, 3.63) is 52.2 Å². The highest BCUT2D eigenvalue weighted by molar-refractivity contribution is 5.40. The van der Waals surface area contributed by atoms with Gasteiger partial charge in [0.1, 0.15) is 11.5 Å². The van der Waals surface area contributed by atoms with Crippen molar-refractivity contribution in [2.24, 2.45) is 0 Å². The molecular formula is C12H10N2O4. The van der Waals surface area contributed by atoms with E-state index in [1.807, 2.05) is 0 Å². The quantitative estimate of drug-likeness (QED) is 0.664. The second-order valence-corrected chi connectivity index (χ2v) is 3.72. The number of nitro groups is 1. The average molecular weight is 246 g/mol. The third kappa shape index (κ3) is 2.73. The molecule has 0 amide bonds. The van der Waals surface area contributed by atoms with Crippen molar-refractivity contribution in [3.8, 4) is 17.4 Å². The molecule has 6 nitrogen and oxygen atoms in total. The Morgan fingerprint density at radius 1 is 1.33 bits per heavy atom. The van der Waals surface area contributed by atoms with Crippen molar-refractivity contribution in [1.29, 1.82) is 0 Å². The maximum absolute atomic E-state index is 10.6. The van der Waals surface area contributed by atoms with Gasteiger partial charge in [0.25, 0.3) is 5.69 Å². The minimum atomic E-state index is -0.526. The lowest BCUT2D eigenvalue weighted by atomic mass is 10.2. The number of benzene rings is 1. The summed E-state index contributed by atoms with van der Waals surface area (Å²) in [4.78, 5) is 13.9. The Labute approximate surface area is 103 Å². The van der Waals surface area contributed by atoms with Gasteiger partial charge in [-0.2, -0.15) is 0 Å². The Hall–Kier alpha value is -2.63. The number of ether oxygens (including phenoxy) is 1. The number of aromatic hydroxyl groups is 1. The number of rotatable bonds is 3. The molecule has 0 saturated heterocycles. The summed E-state index contributed by atoms with van der Waals surface area (Å²) < 4.78 is 5.36. The first-order valence-corrected chi connectivity index (χ1v) is 5.13. The van der Waals surface area contributed by atoms with Crippen molar-refractivity contribution >= 4 is 5.69 Å². The highest BCUT2D eigenvalue weighted by Crippen LogP contribution is 2.26. The lowest BCUT2D eigenvalue weighted by molar-refractivity contribution is -0.385. The number of aromatic nitrogens is 1. The van der Waals surface area contributed by atoms with Gasteiger partial charge in [-0.3, -0.25) is 10.1 Å². The van der Waals surface area contributed by atoms with Gasteiger partial charge in [-0.25, -0.2) is 4.98 Å². The largest absolute Gasteiger partial charge is 0.508 e. The Morgan fingerprint density at radius 2 is 2.11 bits per heavy atom. The van der Waals surface area contributed by atoms with Crippen molar-refractivity contribution in [2.75, 3.05) is 0 Å². The smallest absolute Gasteiger partial charge is 0.276 e. The summed E-state index contributed by atoms with van der Waals surface area (Å²) in [6.45, 7) is 1.80. The molecule has 18 heavy (non-hydrogen) atoms. The topological polar surface area (TPSA) is 85.5 Å². The molecule has 0 atom stereocenters. The van der Waals surface area contributed by atoms with Gasteiger partial charge >= 0.3 is 0 Å². The number of aryl methyl sites for hydroxylation is 1. The predicted molar refractivity (Wildman–Crippen MR) is 63.8 cm³/mol. The molecule has 0 radical (unpaired) electrons. The fourth-order valence-corrected chi connectivity index (χ4v) is 1.48. The Balaban J connectivity index is 2.28. The van der Waals surface area contributed by atoms with E-state index in [-0.39, 0.29) is 17.3 Å². The number of hydrogen-bond acceptors (Lipinski definition) is 5. The SMILES string of the molecule is Cc1cc(O)cc(Oc2cc([N+](=O)[O-])ccn2)c1. The minimum absolute atomic E-state index is 0.0652. The van der Waals surface area contributed by atoms with Crippen LogP contribution >= 0.6 is 0 Å². The van der Waals surface area contributed by atoms with Gasteiger partial charge in [0.2, 0.25) is 5.88 Å². The number of nitrogens with zero attached hydrogens (tertiary/aromatic N) is 2. The maximum atomic E-state index is 10.6. The van der Waals surface area contributed by atoms with E-state index < -0.39 is 4.92 Å². The first kappa shape index (κ1) is 11.8. The number of hydrogen-bond donors (Lipinski definition) is 1. The van der Waals surface area contributed by atoms with Crippen LogP contribution in [0.2, 0.25) is 0 Å². The predicted octanol–water partition coefficient (Wildman–Crippen LogP) is 2.80. The molecule has 1 aromatic heterocycles. The molecule has 0 aliphatic heterocycles. The summed E-state index contributed by atoms with van der Waals surface area (Å²) >= 11 is 0. The van der Waals surface area contributed by atoms with Crippen LogP contribution in [0.25, 0.3) is 0 Å². The standard InChI is InChI=1S/C12H10N2O4/c1-8-4-10(15)7-11(5-8)18-12-6-9(14(16)17)2-3-13-12/h2-7,15H,1H3. The Bertz CT molecular complexity index is 578. The normalized spacial score (nSPS) is 10.1. The van der Waals surface area contributed by atoms with Crippen LogP contribution in [0.4, 0.5) is 5.69 Å². The summed E-state index contributed by atoms with van der Waals surface area (Å²) in [5.74, 6) is 0.546. The molecule has 2 aromatic rings. The van der Waals surface area contributed by atoms with Crippen LogP contribution in [-0.2, 0) is 0 Å². The van der Waals surface area contributed by atoms with Crippen molar-refractivity contribution in [1.82, 2.24) is 4.98 Å². The van der Waals surface area contributed by atoms with E-state index in [4.69, 9.17) is 4.74 Å². The molecule has 2 rings (SSSR count). The maximum Gasteiger partial charge on any atom is 0.276 e. The zero-order valence-electron chi connectivity index (χ0n) is 9.53. The molecule has 1 N–H and O–H groups in total. The van der Waals surface area contributed by atoms with Crippen molar-refractivity contribution in [2.45, 2.75) is 6.92 Å². The summed E-state index contributed by atoms with van der Waals surface area (Å²) in [5.41, 5.74) is 0.715. The lowest BCUT2D eigenvalue weighted by Gasteiger charge is -2.05. The van der Waals surface area contributed by atoms with Crippen LogP contribution in [-0.4, -0.2) is 15.0 Å². The fraction of sp³-hybridized carbons (Fsp3) is 0.0833. The van der Waals surface area contributed by atoms with Crippen molar-refractivity contribution in [3.63, 3.8) is 0 Å². The highest BCUT2D eigenvalue weighted by atomic mass is 16.6. The van der Waals surface area contributed by atoms with E-state index in [9.17, 15) is 15.2 Å². The Morgan fingerprint density at radius 3 is 2.78 bits per heavy atom. The zero-order chi connectivity index (χ0) is 13.1. The first-order chi connectivity index (χ1) is 8.54. The molecule has 0 spiro atoms. The van der Waals surface area contributed by atoms with E-state index >= 15 is 0 Å². The molecule has 0 aliphatic carbocycles. The van der Waals surface area contributed by atoms with E-state index in [0.29, 0.717) is 5.75 Å². The molecule has 1 heterocycles. The van der Waals surface area contributed by atoms with E-state index in [1.165, 1.54) is 24.4 Å². The molecule has 0 aliphatic rings. The third-order valence-corrected chi connectivity index (χ3v) is 2.19. The molecule has 1 aromatic carbocycles. The van der Waals surface area contributed by atoms with Gasteiger partial charge in [0.15, 0.2) is 0 Å². The molecule has 0 bridgehead atoms. The molecule has 6 heteroatoms. The van der Waals surface area contributed by atoms with Gasteiger partial charge in [-0.15, -0.1) is 0 Å². The van der Waals surface area contributed by atoms with Crippen LogP contribution < -0.4 is 4.74 Å². The van der Waals surface area contributed by atoms with Gasteiger partial charge < -0.3 is 9.84 Å². The second kappa shape index (κ2) is 4.70. The molecular weight excluding hydrogens is 236 g/mol. The van der Waals surface area contributed by atoms with Gasteiger partial charge in [0.05, 0.1) is 11.0 Å². The zero-order valence-corrected chi connectivity index (χ0v) is 9.53. The highest BCUT2D eigenvalue weighted by Gasteiger charge is 2.08. The minimum Gasteiger partial charge on any atom is -0.508 e. The summed E-state index contributed by atoms with van der Waals surface area (Å²) in [6.07, 6.45) is 1.29. The average Bonchev–Trinajstić information content (AvgIpc) is 2.27. The summed E-state index contributed by atoms with van der Waals surface area (Å²) in [6, 6.07) is 7.18. The van der Waals surface area contributed by atoms with E-state index in [0.717, 1.165) is 5.56 Å². The van der Waals surface area contributed by atoms with Crippen LogP contribution in [0.15, 0.2) is 36.5 Å². The first-order valence-electron chi connectivity index (χ1n) is 5.13. The van der Waals surface area contributed by atoms with Crippen LogP contribution in [0.1, 0.15) is 5.56 Å². The molecule has 0 unspecified atom stereocenters. The lowest BCUT2D eigenvalue weighted by Crippen LogP contribution is -1.92. The third-order valence-electron chi connectivity index (χ3n) is 2.19. The van der Waals surface area contributed by atoms with E-state index in [2.05, 4.69) is 4.98 Å². The number of phenols is 1.